The fraction of sp³-hybridized carbons (Fsp3) is 0.429. The number of carbonyl (C=O) groups is 1. The molecule has 3 aromatic heterocycles. The number of aliphatic hydroxyl groups is 1. The lowest BCUT2D eigenvalue weighted by atomic mass is 9.53. The predicted octanol–water partition coefficient (Wildman–Crippen LogP) is 6.43. The van der Waals surface area contributed by atoms with Gasteiger partial charge in [-0.2, -0.15) is 14.4 Å². The maximum atomic E-state index is 14.8. The normalized spacial score (nSPS) is 27.2. The highest BCUT2D eigenvalue weighted by atomic mass is 19.1. The number of carbonyl (C=O) groups excluding carboxylic acids is 1. The lowest BCUT2D eigenvalue weighted by Gasteiger charge is -2.52. The van der Waals surface area contributed by atoms with Gasteiger partial charge in [-0.25, -0.2) is 4.79 Å². The maximum Gasteiger partial charge on any atom is 0.355 e. The molecule has 7 rings (SSSR count). The van der Waals surface area contributed by atoms with Crippen LogP contribution in [0.1, 0.15) is 79.0 Å². The van der Waals surface area contributed by atoms with Crippen LogP contribution >= 0.6 is 0 Å². The van der Waals surface area contributed by atoms with Crippen LogP contribution in [0.2, 0.25) is 0 Å². The van der Waals surface area contributed by atoms with Crippen LogP contribution in [-0.2, 0) is 11.2 Å². The van der Waals surface area contributed by atoms with Gasteiger partial charge in [0.2, 0.25) is 0 Å². The van der Waals surface area contributed by atoms with Crippen molar-refractivity contribution in [2.24, 2.45) is 17.3 Å². The molecule has 0 amide bonds. The first kappa shape index (κ1) is 28.5. The molecule has 0 aliphatic heterocycles. The van der Waals surface area contributed by atoms with Crippen LogP contribution in [0.3, 0.4) is 0 Å². The van der Waals surface area contributed by atoms with E-state index in [2.05, 4.69) is 33.9 Å². The molecule has 3 heterocycles. The quantitative estimate of drug-likeness (QED) is 0.210. The average molecular weight is 595 g/mol. The summed E-state index contributed by atoms with van der Waals surface area (Å²) in [6, 6.07) is 11.3. The van der Waals surface area contributed by atoms with Gasteiger partial charge in [-0.1, -0.05) is 25.0 Å². The van der Waals surface area contributed by atoms with Crippen LogP contribution in [0, 0.1) is 42.6 Å². The maximum absolute atomic E-state index is 14.8. The first-order valence-corrected chi connectivity index (χ1v) is 15.4. The Morgan fingerprint density at radius 2 is 2.02 bits per heavy atom. The van der Waals surface area contributed by atoms with Crippen molar-refractivity contribution in [2.75, 3.05) is 6.61 Å². The van der Waals surface area contributed by atoms with Gasteiger partial charge in [0.1, 0.15) is 17.0 Å². The molecule has 3 aliphatic rings. The first-order valence-electron chi connectivity index (χ1n) is 15.4. The summed E-state index contributed by atoms with van der Waals surface area (Å²) in [5, 5.41) is 11.2. The number of nitrogens with zero attached hydrogens (tertiary/aromatic N) is 4. The molecule has 5 atom stereocenters. The summed E-state index contributed by atoms with van der Waals surface area (Å²) in [4.78, 5) is 25.1. The van der Waals surface area contributed by atoms with E-state index in [-0.39, 0.29) is 23.9 Å². The number of rotatable bonds is 5. The molecule has 4 aromatic rings. The van der Waals surface area contributed by atoms with E-state index in [0.717, 1.165) is 32.1 Å². The van der Waals surface area contributed by atoms with Crippen molar-refractivity contribution < 1.29 is 23.8 Å². The van der Waals surface area contributed by atoms with E-state index < -0.39 is 17.6 Å². The SMILES string of the molecule is C#CC1(O)CC[C@H]2[C@@H]3CCc4cc(Oc5nc(F)nc(-c6c(C)c(C(=O)OCC)n7ccccc67)n5)ccc4[C@H]3CC[C@@]21C. The number of hydrogen-bond donors (Lipinski definition) is 1. The van der Waals surface area contributed by atoms with Crippen LogP contribution in [0.4, 0.5) is 4.39 Å². The number of pyridine rings is 1. The molecule has 1 unspecified atom stereocenters. The Morgan fingerprint density at radius 1 is 1.18 bits per heavy atom. The lowest BCUT2D eigenvalue weighted by Crippen LogP contribution is -2.50. The first-order chi connectivity index (χ1) is 21.2. The van der Waals surface area contributed by atoms with Crippen LogP contribution < -0.4 is 4.74 Å². The zero-order valence-electron chi connectivity index (χ0n) is 25.1. The Balaban J connectivity index is 1.18. The molecule has 0 bridgehead atoms. The van der Waals surface area contributed by atoms with Gasteiger partial charge in [0, 0.05) is 17.2 Å². The van der Waals surface area contributed by atoms with Crippen LogP contribution in [0.5, 0.6) is 11.8 Å². The van der Waals surface area contributed by atoms with Gasteiger partial charge in [0.05, 0.1) is 12.1 Å². The Bertz CT molecular complexity index is 1850. The number of aryl methyl sites for hydroxylation is 1. The van der Waals surface area contributed by atoms with Gasteiger partial charge in [0.25, 0.3) is 0 Å². The molecule has 0 saturated heterocycles. The lowest BCUT2D eigenvalue weighted by molar-refractivity contribution is -0.0646. The van der Waals surface area contributed by atoms with Crippen molar-refractivity contribution in [1.29, 1.82) is 0 Å². The molecule has 3 aliphatic carbocycles. The number of esters is 1. The molecule has 1 N–H and O–H groups in total. The number of halogens is 1. The van der Waals surface area contributed by atoms with E-state index in [1.807, 2.05) is 24.3 Å². The van der Waals surface area contributed by atoms with Gasteiger partial charge in [-0.3, -0.25) is 0 Å². The number of fused-ring (bicyclic) bond motifs is 6. The molecule has 2 saturated carbocycles. The smallest absolute Gasteiger partial charge is 0.355 e. The fourth-order valence-electron chi connectivity index (χ4n) is 8.54. The summed E-state index contributed by atoms with van der Waals surface area (Å²) >= 11 is 0. The third-order valence-electron chi connectivity index (χ3n) is 10.7. The standard InChI is InChI=1S/C35H35FN4O4/c1-5-35(42)17-15-26-25-12-10-21-19-22(11-13-23(21)24(25)14-16-34(26,35)4)44-33-38-30(37-32(36)39-33)28-20(3)29(31(41)43-6-2)40-18-8-7-9-27(28)40/h1,7-9,11,13,18-19,24-26,42H,6,10,12,14-17H2,2-4H3/t24-,25-,26+,34+,35?/m1/s1. The van der Waals surface area contributed by atoms with Gasteiger partial charge in [-0.05, 0) is 111 Å². The largest absolute Gasteiger partial charge is 0.461 e. The molecular formula is C35H35FN4O4. The van der Waals surface area contributed by atoms with E-state index in [9.17, 15) is 14.3 Å². The van der Waals surface area contributed by atoms with Gasteiger partial charge in [-0.15, -0.1) is 11.4 Å². The molecule has 0 spiro atoms. The Hall–Kier alpha value is -4.29. The van der Waals surface area contributed by atoms with E-state index in [4.69, 9.17) is 15.9 Å². The van der Waals surface area contributed by atoms with Crippen LogP contribution in [0.25, 0.3) is 16.9 Å². The second-order valence-electron chi connectivity index (χ2n) is 12.6. The highest BCUT2D eigenvalue weighted by Crippen LogP contribution is 2.64. The highest BCUT2D eigenvalue weighted by molar-refractivity contribution is 5.97. The summed E-state index contributed by atoms with van der Waals surface area (Å²) in [6.07, 6.45) is 12.0. The molecule has 0 radical (unpaired) electrons. The zero-order chi connectivity index (χ0) is 30.8. The van der Waals surface area contributed by atoms with Crippen molar-refractivity contribution in [3.63, 3.8) is 0 Å². The Kier molecular flexibility index (Phi) is 6.74. The summed E-state index contributed by atoms with van der Waals surface area (Å²) in [6.45, 7) is 5.92. The summed E-state index contributed by atoms with van der Waals surface area (Å²) in [5.74, 6) is 4.14. The molecule has 1 aromatic carbocycles. The third kappa shape index (κ3) is 4.22. The molecule has 44 heavy (non-hydrogen) atoms. The number of hydrogen-bond acceptors (Lipinski definition) is 7. The van der Waals surface area contributed by atoms with Gasteiger partial charge < -0.3 is 19.0 Å². The third-order valence-corrected chi connectivity index (χ3v) is 10.7. The molecule has 8 nitrogen and oxygen atoms in total. The molecule has 2 fully saturated rings. The molecular weight excluding hydrogens is 559 g/mol. The fourth-order valence-corrected chi connectivity index (χ4v) is 8.54. The van der Waals surface area contributed by atoms with E-state index in [1.165, 1.54) is 11.1 Å². The molecule has 9 heteroatoms. The topological polar surface area (TPSA) is 98.8 Å². The minimum absolute atomic E-state index is 0.0683. The Labute approximate surface area is 255 Å². The average Bonchev–Trinajstić information content (AvgIpc) is 3.46. The van der Waals surface area contributed by atoms with E-state index >= 15 is 0 Å². The monoisotopic (exact) mass is 594 g/mol. The van der Waals surface area contributed by atoms with Crippen molar-refractivity contribution >= 4 is 11.5 Å². The Morgan fingerprint density at radius 3 is 2.82 bits per heavy atom. The minimum Gasteiger partial charge on any atom is -0.461 e. The summed E-state index contributed by atoms with van der Waals surface area (Å²) in [5.41, 5.74) is 3.30. The number of benzene rings is 1. The van der Waals surface area contributed by atoms with E-state index in [0.29, 0.717) is 52.3 Å². The van der Waals surface area contributed by atoms with Crippen molar-refractivity contribution in [3.8, 4) is 35.5 Å². The van der Waals surface area contributed by atoms with Crippen molar-refractivity contribution in [3.05, 3.63) is 71.1 Å². The van der Waals surface area contributed by atoms with E-state index in [1.54, 1.807) is 30.5 Å². The van der Waals surface area contributed by atoms with Gasteiger partial charge in [0.15, 0.2) is 5.82 Å². The van der Waals surface area contributed by atoms with Crippen LogP contribution in [-0.4, -0.2) is 42.6 Å². The number of aromatic nitrogens is 4. The number of ether oxygens (including phenoxy) is 2. The summed E-state index contributed by atoms with van der Waals surface area (Å²) < 4.78 is 27.9. The van der Waals surface area contributed by atoms with Crippen molar-refractivity contribution in [2.45, 2.75) is 70.8 Å². The minimum atomic E-state index is -1.02. The molecule has 226 valence electrons. The number of terminal acetylenes is 1. The predicted molar refractivity (Wildman–Crippen MR) is 162 cm³/mol. The summed E-state index contributed by atoms with van der Waals surface area (Å²) in [7, 11) is 0. The van der Waals surface area contributed by atoms with Gasteiger partial charge >= 0.3 is 18.1 Å². The second-order valence-corrected chi connectivity index (χ2v) is 12.6. The van der Waals surface area contributed by atoms with Crippen molar-refractivity contribution in [1.82, 2.24) is 19.4 Å². The zero-order valence-corrected chi connectivity index (χ0v) is 25.1. The van der Waals surface area contributed by atoms with Crippen LogP contribution in [0.15, 0.2) is 42.6 Å². The highest BCUT2D eigenvalue weighted by Gasteiger charge is 2.61. The second kappa shape index (κ2) is 10.4.